The van der Waals surface area contributed by atoms with E-state index in [2.05, 4.69) is 21.6 Å². The van der Waals surface area contributed by atoms with E-state index in [9.17, 15) is 9.59 Å². The molecule has 0 spiro atoms. The first-order chi connectivity index (χ1) is 12.6. The van der Waals surface area contributed by atoms with Gasteiger partial charge in [-0.3, -0.25) is 4.79 Å². The molecular weight excluding hydrogens is 334 g/mol. The second kappa shape index (κ2) is 8.89. The number of ether oxygens (including phenoxy) is 1. The van der Waals surface area contributed by atoms with Crippen molar-refractivity contribution < 1.29 is 19.4 Å². The zero-order chi connectivity index (χ0) is 18.4. The topological polar surface area (TPSA) is 90.9 Å². The number of nitrogens with one attached hydrogen (secondary N) is 2. The van der Waals surface area contributed by atoms with Crippen molar-refractivity contribution in [3.63, 3.8) is 0 Å². The summed E-state index contributed by atoms with van der Waals surface area (Å²) in [6, 6.07) is 7.96. The number of carboxylic acid groups (broad SMARTS) is 1. The number of urea groups is 1. The summed E-state index contributed by atoms with van der Waals surface area (Å²) in [6.45, 7) is 3.62. The van der Waals surface area contributed by atoms with Gasteiger partial charge >= 0.3 is 12.0 Å². The van der Waals surface area contributed by atoms with Gasteiger partial charge in [0.25, 0.3) is 0 Å². The molecule has 2 aliphatic rings. The van der Waals surface area contributed by atoms with Crippen LogP contribution in [0.1, 0.15) is 31.2 Å². The lowest BCUT2D eigenvalue weighted by molar-refractivity contribution is -0.142. The Morgan fingerprint density at radius 3 is 2.50 bits per heavy atom. The molecule has 3 rings (SSSR count). The highest BCUT2D eigenvalue weighted by Crippen LogP contribution is 2.24. The Bertz CT molecular complexity index is 623. The van der Waals surface area contributed by atoms with Crippen molar-refractivity contribution in [2.75, 3.05) is 31.2 Å². The first-order valence-corrected chi connectivity index (χ1v) is 9.31. The molecule has 1 saturated carbocycles. The Balaban J connectivity index is 1.48. The highest BCUT2D eigenvalue weighted by molar-refractivity contribution is 5.74. The van der Waals surface area contributed by atoms with Crippen LogP contribution in [0.15, 0.2) is 24.3 Å². The van der Waals surface area contributed by atoms with Crippen LogP contribution >= 0.6 is 0 Å². The molecule has 0 radical (unpaired) electrons. The van der Waals surface area contributed by atoms with Gasteiger partial charge in [-0.15, -0.1) is 0 Å². The maximum Gasteiger partial charge on any atom is 0.315 e. The number of carboxylic acids is 1. The number of amides is 2. The fraction of sp³-hybridized carbons (Fsp3) is 0.579. The van der Waals surface area contributed by atoms with Gasteiger partial charge in [0.05, 0.1) is 19.1 Å². The number of anilines is 1. The molecule has 0 aromatic heterocycles. The predicted octanol–water partition coefficient (Wildman–Crippen LogP) is 1.97. The zero-order valence-corrected chi connectivity index (χ0v) is 14.9. The molecule has 2 fully saturated rings. The molecule has 1 aromatic rings. The smallest absolute Gasteiger partial charge is 0.315 e. The third-order valence-electron chi connectivity index (χ3n) is 5.19. The van der Waals surface area contributed by atoms with E-state index in [4.69, 9.17) is 9.84 Å². The van der Waals surface area contributed by atoms with Gasteiger partial charge in [-0.25, -0.2) is 4.79 Å². The minimum atomic E-state index is -0.729. The average Bonchev–Trinajstić information content (AvgIpc) is 2.68. The maximum absolute atomic E-state index is 12.2. The number of rotatable bonds is 5. The number of carbonyl (C=O) groups excluding carboxylic acids is 1. The van der Waals surface area contributed by atoms with Crippen molar-refractivity contribution >= 4 is 17.7 Å². The summed E-state index contributed by atoms with van der Waals surface area (Å²) in [5, 5.41) is 14.9. The Labute approximate surface area is 153 Å². The molecule has 7 heteroatoms. The monoisotopic (exact) mass is 361 g/mol. The molecule has 1 aliphatic heterocycles. The quantitative estimate of drug-likeness (QED) is 0.746. The molecular formula is C19H27N3O4. The Morgan fingerprint density at radius 1 is 1.12 bits per heavy atom. The van der Waals surface area contributed by atoms with Crippen molar-refractivity contribution in [1.82, 2.24) is 10.6 Å². The molecule has 1 aromatic carbocycles. The average molecular weight is 361 g/mol. The lowest BCUT2D eigenvalue weighted by Crippen LogP contribution is -2.44. The van der Waals surface area contributed by atoms with Crippen LogP contribution < -0.4 is 15.5 Å². The Hall–Kier alpha value is -2.28. The van der Waals surface area contributed by atoms with Gasteiger partial charge in [-0.05, 0) is 37.3 Å². The zero-order valence-electron chi connectivity index (χ0n) is 14.9. The van der Waals surface area contributed by atoms with Crippen molar-refractivity contribution in [2.24, 2.45) is 5.92 Å². The first-order valence-electron chi connectivity index (χ1n) is 9.31. The van der Waals surface area contributed by atoms with Crippen LogP contribution in [0.25, 0.3) is 0 Å². The summed E-state index contributed by atoms with van der Waals surface area (Å²) < 4.78 is 5.41. The minimum absolute atomic E-state index is 0.0556. The van der Waals surface area contributed by atoms with Crippen LogP contribution in [0.5, 0.6) is 0 Å². The number of aliphatic carboxylic acids is 1. The highest BCUT2D eigenvalue weighted by atomic mass is 16.5. The molecule has 7 nitrogen and oxygen atoms in total. The molecule has 26 heavy (non-hydrogen) atoms. The summed E-state index contributed by atoms with van der Waals surface area (Å²) in [5.74, 6) is -0.996. The Morgan fingerprint density at radius 2 is 1.81 bits per heavy atom. The summed E-state index contributed by atoms with van der Waals surface area (Å²) >= 11 is 0. The molecule has 1 saturated heterocycles. The van der Waals surface area contributed by atoms with Crippen molar-refractivity contribution in [1.29, 1.82) is 0 Å². The highest BCUT2D eigenvalue weighted by Gasteiger charge is 2.26. The standard InChI is InChI=1S/C19H27N3O4/c23-18(24)14-5-7-16(8-6-14)21-19(25)20-13-15-3-1-2-4-17(15)22-9-11-26-12-10-22/h1-4,14,16H,5-13H2,(H,23,24)(H2,20,21,25). The van der Waals surface area contributed by atoms with Crippen molar-refractivity contribution in [2.45, 2.75) is 38.3 Å². The van der Waals surface area contributed by atoms with E-state index in [1.165, 1.54) is 0 Å². The fourth-order valence-electron chi connectivity index (χ4n) is 3.67. The minimum Gasteiger partial charge on any atom is -0.481 e. The lowest BCUT2D eigenvalue weighted by Gasteiger charge is -2.31. The van der Waals surface area contributed by atoms with Gasteiger partial charge in [-0.2, -0.15) is 0 Å². The van der Waals surface area contributed by atoms with Crippen LogP contribution in [0.2, 0.25) is 0 Å². The maximum atomic E-state index is 12.2. The summed E-state index contributed by atoms with van der Waals surface area (Å²) in [5.41, 5.74) is 2.22. The molecule has 3 N–H and O–H groups in total. The normalized spacial score (nSPS) is 23.3. The van der Waals surface area contributed by atoms with Crippen LogP contribution in [-0.2, 0) is 16.1 Å². The summed E-state index contributed by atoms with van der Waals surface area (Å²) in [4.78, 5) is 25.5. The number of hydrogen-bond acceptors (Lipinski definition) is 4. The molecule has 0 atom stereocenters. The summed E-state index contributed by atoms with van der Waals surface area (Å²) in [7, 11) is 0. The number of carbonyl (C=O) groups is 2. The van der Waals surface area contributed by atoms with Gasteiger partial charge in [0.2, 0.25) is 0 Å². The van der Waals surface area contributed by atoms with Gasteiger partial charge in [0.1, 0.15) is 0 Å². The molecule has 0 bridgehead atoms. The van der Waals surface area contributed by atoms with Crippen molar-refractivity contribution in [3.8, 4) is 0 Å². The third-order valence-corrected chi connectivity index (χ3v) is 5.19. The van der Waals surface area contributed by atoms with Crippen molar-refractivity contribution in [3.05, 3.63) is 29.8 Å². The molecule has 142 valence electrons. The van der Waals surface area contributed by atoms with Gasteiger partial charge in [-0.1, -0.05) is 18.2 Å². The second-order valence-corrected chi connectivity index (χ2v) is 6.94. The predicted molar refractivity (Wildman–Crippen MR) is 98.2 cm³/mol. The summed E-state index contributed by atoms with van der Waals surface area (Å²) in [6.07, 6.45) is 2.68. The van der Waals surface area contributed by atoms with Crippen LogP contribution in [-0.4, -0.2) is 49.5 Å². The number of morpholine rings is 1. The van der Waals surface area contributed by atoms with E-state index in [-0.39, 0.29) is 18.0 Å². The van der Waals surface area contributed by atoms with E-state index in [1.807, 2.05) is 18.2 Å². The second-order valence-electron chi connectivity index (χ2n) is 6.94. The first kappa shape index (κ1) is 18.5. The molecule has 0 unspecified atom stereocenters. The third kappa shape index (κ3) is 4.88. The van der Waals surface area contributed by atoms with E-state index in [0.717, 1.165) is 50.4 Å². The van der Waals surface area contributed by atoms with Gasteiger partial charge in [0.15, 0.2) is 0 Å². The van der Waals surface area contributed by atoms with E-state index in [0.29, 0.717) is 19.4 Å². The number of nitrogens with zero attached hydrogens (tertiary/aromatic N) is 1. The van der Waals surface area contributed by atoms with E-state index < -0.39 is 5.97 Å². The number of hydrogen-bond donors (Lipinski definition) is 3. The van der Waals surface area contributed by atoms with E-state index >= 15 is 0 Å². The number of benzene rings is 1. The van der Waals surface area contributed by atoms with E-state index in [1.54, 1.807) is 0 Å². The largest absolute Gasteiger partial charge is 0.481 e. The molecule has 2 amide bonds. The lowest BCUT2D eigenvalue weighted by atomic mass is 9.86. The molecule has 1 heterocycles. The fourth-order valence-corrected chi connectivity index (χ4v) is 3.67. The van der Waals surface area contributed by atoms with Crippen LogP contribution in [0.4, 0.5) is 10.5 Å². The van der Waals surface area contributed by atoms with Gasteiger partial charge in [0, 0.05) is 31.4 Å². The number of para-hydroxylation sites is 1. The van der Waals surface area contributed by atoms with Crippen LogP contribution in [0.3, 0.4) is 0 Å². The van der Waals surface area contributed by atoms with Crippen LogP contribution in [0, 0.1) is 5.92 Å². The molecule has 1 aliphatic carbocycles. The SMILES string of the molecule is O=C(NCc1ccccc1N1CCOCC1)NC1CCC(C(=O)O)CC1. The van der Waals surface area contributed by atoms with Gasteiger partial charge < -0.3 is 25.4 Å². The Kier molecular flexibility index (Phi) is 6.33.